The molecule has 5 nitrogen and oxygen atoms in total. The summed E-state index contributed by atoms with van der Waals surface area (Å²) in [6, 6.07) is 6.48. The molecule has 0 saturated carbocycles. The largest absolute Gasteiger partial charge is 0.451 e. The third kappa shape index (κ3) is 2.59. The third-order valence-electron chi connectivity index (χ3n) is 4.24. The number of para-hydroxylation sites is 1. The summed E-state index contributed by atoms with van der Waals surface area (Å²) >= 11 is 0. The van der Waals surface area contributed by atoms with E-state index in [9.17, 15) is 17.6 Å². The van der Waals surface area contributed by atoms with E-state index in [-0.39, 0.29) is 24.4 Å². The van der Waals surface area contributed by atoms with Crippen molar-refractivity contribution in [2.75, 3.05) is 11.4 Å². The fourth-order valence-electron chi connectivity index (χ4n) is 3.15. The van der Waals surface area contributed by atoms with E-state index >= 15 is 0 Å². The number of alkyl halides is 3. The summed E-state index contributed by atoms with van der Waals surface area (Å²) in [4.78, 5) is 6.10. The van der Waals surface area contributed by atoms with Crippen LogP contribution in [0.5, 0.6) is 0 Å². The topological polar surface area (TPSA) is 46.8 Å². The number of aromatic nitrogens is 4. The highest BCUT2D eigenvalue weighted by molar-refractivity contribution is 5.92. The quantitative estimate of drug-likeness (QED) is 0.631. The number of hydrogen-bond acceptors (Lipinski definition) is 4. The molecule has 0 N–H and O–H groups in total. The Hall–Kier alpha value is -2.71. The summed E-state index contributed by atoms with van der Waals surface area (Å²) in [6.45, 7) is 2.36. The summed E-state index contributed by atoms with van der Waals surface area (Å²) in [7, 11) is 0. The van der Waals surface area contributed by atoms with E-state index in [4.69, 9.17) is 0 Å². The molecule has 4 rings (SSSR count). The van der Waals surface area contributed by atoms with Gasteiger partial charge in [-0.05, 0) is 19.1 Å². The van der Waals surface area contributed by atoms with Gasteiger partial charge in [0.05, 0.1) is 6.54 Å². The summed E-state index contributed by atoms with van der Waals surface area (Å²) < 4.78 is 54.0. The lowest BCUT2D eigenvalue weighted by Crippen LogP contribution is -2.35. The second-order valence-electron chi connectivity index (χ2n) is 5.93. The van der Waals surface area contributed by atoms with Crippen molar-refractivity contribution < 1.29 is 17.6 Å². The average molecular weight is 351 g/mol. The van der Waals surface area contributed by atoms with Gasteiger partial charge in [0.15, 0.2) is 5.82 Å². The minimum absolute atomic E-state index is 0.107. The van der Waals surface area contributed by atoms with Crippen molar-refractivity contribution in [1.82, 2.24) is 19.7 Å². The minimum atomic E-state index is -4.53. The first-order chi connectivity index (χ1) is 11.8. The summed E-state index contributed by atoms with van der Waals surface area (Å²) in [6.07, 6.45) is -4.53. The van der Waals surface area contributed by atoms with Crippen LogP contribution in [0.1, 0.15) is 17.3 Å². The number of rotatable bonds is 1. The van der Waals surface area contributed by atoms with Crippen LogP contribution in [0.15, 0.2) is 24.3 Å². The van der Waals surface area contributed by atoms with Gasteiger partial charge in [0.1, 0.15) is 11.3 Å². The molecule has 1 aliphatic heterocycles. The van der Waals surface area contributed by atoms with Gasteiger partial charge >= 0.3 is 6.18 Å². The Balaban J connectivity index is 1.77. The van der Waals surface area contributed by atoms with Gasteiger partial charge in [0, 0.05) is 29.9 Å². The highest BCUT2D eigenvalue weighted by Crippen LogP contribution is 2.33. The predicted octanol–water partition coefficient (Wildman–Crippen LogP) is 3.31. The molecule has 3 heterocycles. The smallest absolute Gasteiger partial charge is 0.362 e. The van der Waals surface area contributed by atoms with Crippen LogP contribution >= 0.6 is 0 Å². The standard InChI is InChI=1S/C16H13F4N5/c1-9-7-12(10-3-2-4-11(17)14(10)21-9)24-5-6-25-13(8-24)22-23-15(25)16(18,19)20/h2-4,7H,5-6,8H2,1H3. The number of nitrogens with zero attached hydrogens (tertiary/aromatic N) is 5. The number of benzene rings is 1. The van der Waals surface area contributed by atoms with Crippen molar-refractivity contribution in [2.24, 2.45) is 0 Å². The first-order valence-corrected chi connectivity index (χ1v) is 7.64. The second-order valence-corrected chi connectivity index (χ2v) is 5.93. The number of anilines is 1. The molecule has 0 amide bonds. The van der Waals surface area contributed by atoms with Gasteiger partial charge < -0.3 is 9.47 Å². The molecule has 0 atom stereocenters. The molecule has 0 unspecified atom stereocenters. The second kappa shape index (κ2) is 5.40. The zero-order chi connectivity index (χ0) is 17.8. The Morgan fingerprint density at radius 1 is 1.12 bits per heavy atom. The van der Waals surface area contributed by atoms with Crippen LogP contribution in [0.25, 0.3) is 10.9 Å². The molecule has 9 heteroatoms. The number of halogens is 4. The molecule has 130 valence electrons. The van der Waals surface area contributed by atoms with Crippen molar-refractivity contribution in [2.45, 2.75) is 26.2 Å². The number of fused-ring (bicyclic) bond motifs is 2. The molecule has 3 aromatic rings. The number of aryl methyl sites for hydroxylation is 1. The van der Waals surface area contributed by atoms with Crippen LogP contribution < -0.4 is 4.90 Å². The van der Waals surface area contributed by atoms with Crippen LogP contribution in [0.4, 0.5) is 23.2 Å². The Kier molecular flexibility index (Phi) is 3.41. The fraction of sp³-hybridized carbons (Fsp3) is 0.312. The Morgan fingerprint density at radius 3 is 2.68 bits per heavy atom. The van der Waals surface area contributed by atoms with Crippen LogP contribution in [-0.2, 0) is 19.3 Å². The van der Waals surface area contributed by atoms with Crippen LogP contribution in [0.3, 0.4) is 0 Å². The molecule has 1 aromatic carbocycles. The van der Waals surface area contributed by atoms with Crippen LogP contribution in [0, 0.1) is 12.7 Å². The van der Waals surface area contributed by atoms with Crippen molar-refractivity contribution >= 4 is 16.6 Å². The van der Waals surface area contributed by atoms with Gasteiger partial charge in [-0.3, -0.25) is 0 Å². The average Bonchev–Trinajstić information content (AvgIpc) is 2.98. The number of pyridine rings is 1. The van der Waals surface area contributed by atoms with E-state index in [2.05, 4.69) is 15.2 Å². The van der Waals surface area contributed by atoms with Gasteiger partial charge in [0.2, 0.25) is 5.82 Å². The van der Waals surface area contributed by atoms with Gasteiger partial charge in [-0.2, -0.15) is 13.2 Å². The van der Waals surface area contributed by atoms with E-state index in [1.165, 1.54) is 6.07 Å². The Labute approximate surface area is 139 Å². The molecular weight excluding hydrogens is 338 g/mol. The Morgan fingerprint density at radius 2 is 1.92 bits per heavy atom. The van der Waals surface area contributed by atoms with Crippen molar-refractivity contribution in [3.63, 3.8) is 0 Å². The maximum Gasteiger partial charge on any atom is 0.451 e. The predicted molar refractivity (Wildman–Crippen MR) is 82.5 cm³/mol. The third-order valence-corrected chi connectivity index (χ3v) is 4.24. The normalized spacial score (nSPS) is 14.8. The van der Waals surface area contributed by atoms with E-state index in [0.29, 0.717) is 17.6 Å². The van der Waals surface area contributed by atoms with E-state index in [0.717, 1.165) is 10.3 Å². The zero-order valence-electron chi connectivity index (χ0n) is 13.2. The van der Waals surface area contributed by atoms with E-state index < -0.39 is 17.8 Å². The monoisotopic (exact) mass is 351 g/mol. The molecule has 0 radical (unpaired) electrons. The lowest BCUT2D eigenvalue weighted by Gasteiger charge is -2.30. The van der Waals surface area contributed by atoms with Crippen LogP contribution in [0.2, 0.25) is 0 Å². The van der Waals surface area contributed by atoms with Crippen molar-refractivity contribution in [1.29, 1.82) is 0 Å². The van der Waals surface area contributed by atoms with Crippen molar-refractivity contribution in [3.05, 3.63) is 47.4 Å². The molecule has 0 spiro atoms. The maximum atomic E-state index is 14.1. The summed E-state index contributed by atoms with van der Waals surface area (Å²) in [5.41, 5.74) is 1.61. The van der Waals surface area contributed by atoms with Gasteiger partial charge in [0.25, 0.3) is 0 Å². The highest BCUT2D eigenvalue weighted by atomic mass is 19.4. The van der Waals surface area contributed by atoms with Gasteiger partial charge in [-0.15, -0.1) is 10.2 Å². The Bertz CT molecular complexity index is 963. The SMILES string of the molecule is Cc1cc(N2CCn3c(nnc3C(F)(F)F)C2)c2cccc(F)c2n1. The van der Waals surface area contributed by atoms with E-state index in [1.54, 1.807) is 25.1 Å². The molecule has 0 aliphatic carbocycles. The number of hydrogen-bond donors (Lipinski definition) is 0. The zero-order valence-corrected chi connectivity index (χ0v) is 13.2. The summed E-state index contributed by atoms with van der Waals surface area (Å²) in [5.74, 6) is -1.18. The highest BCUT2D eigenvalue weighted by Gasteiger charge is 2.39. The van der Waals surface area contributed by atoms with E-state index in [1.807, 2.05) is 4.90 Å². The fourth-order valence-corrected chi connectivity index (χ4v) is 3.15. The molecule has 0 bridgehead atoms. The molecule has 1 aliphatic rings. The first-order valence-electron chi connectivity index (χ1n) is 7.64. The first kappa shape index (κ1) is 15.8. The van der Waals surface area contributed by atoms with Crippen molar-refractivity contribution in [3.8, 4) is 0 Å². The van der Waals surface area contributed by atoms with Crippen LogP contribution in [-0.4, -0.2) is 26.3 Å². The van der Waals surface area contributed by atoms with Gasteiger partial charge in [-0.25, -0.2) is 9.37 Å². The molecule has 0 fully saturated rings. The molecule has 0 saturated heterocycles. The molecular formula is C16H13F4N5. The summed E-state index contributed by atoms with van der Waals surface area (Å²) in [5, 5.41) is 7.58. The lowest BCUT2D eigenvalue weighted by atomic mass is 10.1. The minimum Gasteiger partial charge on any atom is -0.362 e. The lowest BCUT2D eigenvalue weighted by molar-refractivity contribution is -0.147. The van der Waals surface area contributed by atoms with Gasteiger partial charge in [-0.1, -0.05) is 12.1 Å². The maximum absolute atomic E-state index is 14.1. The molecule has 2 aromatic heterocycles. The molecule has 25 heavy (non-hydrogen) atoms.